The molecule has 0 unspecified atom stereocenters. The Bertz CT molecular complexity index is 1460. The van der Waals surface area contributed by atoms with Gasteiger partial charge in [0.2, 0.25) is 5.91 Å². The number of nitrogens with one attached hydrogen (secondary N) is 1. The van der Waals surface area contributed by atoms with E-state index in [2.05, 4.69) is 41.1 Å². The van der Waals surface area contributed by atoms with E-state index in [-0.39, 0.29) is 6.54 Å². The highest BCUT2D eigenvalue weighted by Crippen LogP contribution is 2.34. The van der Waals surface area contributed by atoms with Crippen LogP contribution < -0.4 is 5.32 Å². The second-order valence-electron chi connectivity index (χ2n) is 8.40. The van der Waals surface area contributed by atoms with Gasteiger partial charge in [-0.25, -0.2) is 0 Å². The maximum absolute atomic E-state index is 13.0. The molecule has 0 bridgehead atoms. The number of para-hydroxylation sites is 2. The van der Waals surface area contributed by atoms with Crippen molar-refractivity contribution in [3.8, 4) is 0 Å². The lowest BCUT2D eigenvalue weighted by molar-refractivity contribution is -0.127. The highest BCUT2D eigenvalue weighted by molar-refractivity contribution is 8.18. The summed E-state index contributed by atoms with van der Waals surface area (Å²) < 4.78 is 2.14. The van der Waals surface area contributed by atoms with E-state index >= 15 is 0 Å². The van der Waals surface area contributed by atoms with E-state index in [1.165, 1.54) is 11.1 Å². The van der Waals surface area contributed by atoms with E-state index in [0.717, 1.165) is 33.1 Å². The molecule has 0 atom stereocenters. The molecule has 1 saturated heterocycles. The van der Waals surface area contributed by atoms with Crippen LogP contribution in [0.1, 0.15) is 16.7 Å². The summed E-state index contributed by atoms with van der Waals surface area (Å²) in [5.41, 5.74) is 4.89. The van der Waals surface area contributed by atoms with Crippen molar-refractivity contribution < 1.29 is 14.4 Å². The molecule has 0 saturated carbocycles. The maximum atomic E-state index is 13.0. The van der Waals surface area contributed by atoms with Crippen LogP contribution in [0.15, 0.2) is 90.0 Å². The summed E-state index contributed by atoms with van der Waals surface area (Å²) in [5.74, 6) is -0.881. The fraction of sp³-hybridized carbons (Fsp3) is 0.107. The van der Waals surface area contributed by atoms with Gasteiger partial charge in [0.1, 0.15) is 6.54 Å². The third-order valence-electron chi connectivity index (χ3n) is 5.81. The summed E-state index contributed by atoms with van der Waals surface area (Å²) >= 11 is 0.858. The molecule has 5 rings (SSSR count). The van der Waals surface area contributed by atoms with Crippen LogP contribution in [0, 0.1) is 6.92 Å². The van der Waals surface area contributed by atoms with Gasteiger partial charge in [0, 0.05) is 34.9 Å². The van der Waals surface area contributed by atoms with Gasteiger partial charge in [-0.1, -0.05) is 66.2 Å². The second kappa shape index (κ2) is 9.64. The summed E-state index contributed by atoms with van der Waals surface area (Å²) in [7, 11) is 0. The lowest BCUT2D eigenvalue weighted by Crippen LogP contribution is -2.36. The molecule has 7 heteroatoms. The van der Waals surface area contributed by atoms with Gasteiger partial charge in [0.25, 0.3) is 11.1 Å². The van der Waals surface area contributed by atoms with Crippen molar-refractivity contribution in [2.24, 2.45) is 0 Å². The molecular formula is C28H23N3O3S. The minimum absolute atomic E-state index is 0.306. The van der Waals surface area contributed by atoms with Crippen molar-refractivity contribution in [1.82, 2.24) is 9.47 Å². The smallest absolute Gasteiger partial charge is 0.294 e. The molecule has 1 N–H and O–H groups in total. The van der Waals surface area contributed by atoms with Gasteiger partial charge in [-0.15, -0.1) is 0 Å². The highest BCUT2D eigenvalue weighted by atomic mass is 32.2. The third-order valence-corrected chi connectivity index (χ3v) is 6.72. The molecule has 1 aliphatic rings. The minimum Gasteiger partial charge on any atom is -0.342 e. The molecule has 4 aromatic rings. The van der Waals surface area contributed by atoms with E-state index < -0.39 is 17.1 Å². The number of thioether (sulfide) groups is 1. The Morgan fingerprint density at radius 3 is 2.43 bits per heavy atom. The molecule has 6 nitrogen and oxygen atoms in total. The average molecular weight is 482 g/mol. The van der Waals surface area contributed by atoms with Gasteiger partial charge < -0.3 is 9.88 Å². The van der Waals surface area contributed by atoms with E-state index in [4.69, 9.17) is 0 Å². The first-order valence-electron chi connectivity index (χ1n) is 11.2. The van der Waals surface area contributed by atoms with Crippen LogP contribution in [0.3, 0.4) is 0 Å². The Balaban J connectivity index is 1.38. The molecule has 174 valence electrons. The van der Waals surface area contributed by atoms with Crippen molar-refractivity contribution in [3.63, 3.8) is 0 Å². The third kappa shape index (κ3) is 4.90. The molecule has 0 spiro atoms. The number of rotatable bonds is 6. The first-order chi connectivity index (χ1) is 17.0. The van der Waals surface area contributed by atoms with Gasteiger partial charge in [-0.05, 0) is 48.5 Å². The molecule has 3 amide bonds. The molecule has 1 aromatic heterocycles. The zero-order chi connectivity index (χ0) is 24.4. The van der Waals surface area contributed by atoms with Gasteiger partial charge in [0.05, 0.1) is 4.91 Å². The zero-order valence-corrected chi connectivity index (χ0v) is 19.9. The zero-order valence-electron chi connectivity index (χ0n) is 19.1. The Morgan fingerprint density at radius 1 is 0.943 bits per heavy atom. The number of anilines is 1. The van der Waals surface area contributed by atoms with Gasteiger partial charge in [0.15, 0.2) is 0 Å². The summed E-state index contributed by atoms with van der Waals surface area (Å²) in [6, 6.07) is 25.3. The van der Waals surface area contributed by atoms with Crippen molar-refractivity contribution in [2.45, 2.75) is 13.5 Å². The molecule has 1 fully saturated rings. The summed E-state index contributed by atoms with van der Waals surface area (Å²) in [6.45, 7) is 2.42. The van der Waals surface area contributed by atoms with Crippen LogP contribution in [0.2, 0.25) is 0 Å². The maximum Gasteiger partial charge on any atom is 0.294 e. The topological polar surface area (TPSA) is 71.4 Å². The number of carbonyl (C=O) groups is 3. The van der Waals surface area contributed by atoms with E-state index in [0.29, 0.717) is 17.1 Å². The number of benzene rings is 3. The first-order valence-corrected chi connectivity index (χ1v) is 12.0. The number of carbonyl (C=O) groups excluding carboxylic acids is 3. The summed E-state index contributed by atoms with van der Waals surface area (Å²) in [4.78, 5) is 39.3. The van der Waals surface area contributed by atoms with Crippen LogP contribution >= 0.6 is 11.8 Å². The van der Waals surface area contributed by atoms with Crippen LogP contribution in [0.5, 0.6) is 0 Å². The van der Waals surface area contributed by atoms with Gasteiger partial charge in [-0.3, -0.25) is 19.3 Å². The molecule has 1 aliphatic heterocycles. The quantitative estimate of drug-likeness (QED) is 0.360. The standard InChI is InChI=1S/C28H23N3O3S/c1-19-11-13-20(14-12-19)16-30-17-21(23-9-5-6-10-24(23)30)15-25-27(33)31(28(34)35-25)18-26(32)29-22-7-3-2-4-8-22/h2-15,17H,16,18H2,1H3,(H,29,32)/b25-15-. The normalized spacial score (nSPS) is 14.8. The van der Waals surface area contributed by atoms with E-state index in [1.807, 2.05) is 36.5 Å². The Hall–Kier alpha value is -4.10. The fourth-order valence-corrected chi connectivity index (χ4v) is 4.88. The van der Waals surface area contributed by atoms with Crippen molar-refractivity contribution in [1.29, 1.82) is 0 Å². The number of aromatic nitrogens is 1. The van der Waals surface area contributed by atoms with Crippen LogP contribution in [0.4, 0.5) is 10.5 Å². The monoisotopic (exact) mass is 481 g/mol. The molecule has 0 radical (unpaired) electrons. The first kappa shape index (κ1) is 22.7. The van der Waals surface area contributed by atoms with Crippen molar-refractivity contribution >= 4 is 51.5 Å². The number of hydrogen-bond acceptors (Lipinski definition) is 4. The molecule has 2 heterocycles. The van der Waals surface area contributed by atoms with Crippen LogP contribution in [-0.2, 0) is 16.1 Å². The summed E-state index contributed by atoms with van der Waals surface area (Å²) in [6.07, 6.45) is 3.74. The molecule has 35 heavy (non-hydrogen) atoms. The number of fused-ring (bicyclic) bond motifs is 1. The van der Waals surface area contributed by atoms with Gasteiger partial charge >= 0.3 is 0 Å². The number of imide groups is 1. The Labute approximate surface area is 207 Å². The number of amides is 3. The van der Waals surface area contributed by atoms with Crippen LogP contribution in [0.25, 0.3) is 17.0 Å². The predicted octanol–water partition coefficient (Wildman–Crippen LogP) is 5.67. The highest BCUT2D eigenvalue weighted by Gasteiger charge is 2.36. The molecule has 3 aromatic carbocycles. The van der Waals surface area contributed by atoms with E-state index in [9.17, 15) is 14.4 Å². The van der Waals surface area contributed by atoms with E-state index in [1.54, 1.807) is 30.3 Å². The Morgan fingerprint density at radius 2 is 1.66 bits per heavy atom. The van der Waals surface area contributed by atoms with Gasteiger partial charge in [-0.2, -0.15) is 0 Å². The largest absolute Gasteiger partial charge is 0.342 e. The lowest BCUT2D eigenvalue weighted by Gasteiger charge is -2.12. The lowest BCUT2D eigenvalue weighted by atomic mass is 10.1. The SMILES string of the molecule is Cc1ccc(Cn2cc(/C=C3\SC(=O)N(CC(=O)Nc4ccccc4)C3=O)c3ccccc32)cc1. The number of hydrogen-bond donors (Lipinski definition) is 1. The molecule has 0 aliphatic carbocycles. The fourth-order valence-electron chi connectivity index (χ4n) is 4.05. The predicted molar refractivity (Wildman–Crippen MR) is 140 cm³/mol. The number of nitrogens with zero attached hydrogens (tertiary/aromatic N) is 2. The second-order valence-corrected chi connectivity index (χ2v) is 9.39. The van der Waals surface area contributed by atoms with Crippen molar-refractivity contribution in [2.75, 3.05) is 11.9 Å². The van der Waals surface area contributed by atoms with Crippen molar-refractivity contribution in [3.05, 3.63) is 107 Å². The van der Waals surface area contributed by atoms with Crippen LogP contribution in [-0.4, -0.2) is 33.1 Å². The minimum atomic E-state index is -0.460. The summed E-state index contributed by atoms with van der Waals surface area (Å²) in [5, 5.41) is 3.25. The average Bonchev–Trinajstić information content (AvgIpc) is 3.33. The Kier molecular flexibility index (Phi) is 6.25. The molecular weight excluding hydrogens is 458 g/mol. The number of aryl methyl sites for hydroxylation is 1.